The van der Waals surface area contributed by atoms with Gasteiger partial charge in [0.1, 0.15) is 11.3 Å². The second-order valence-corrected chi connectivity index (χ2v) is 12.0. The smallest absolute Gasteiger partial charge is 0.339 e. The summed E-state index contributed by atoms with van der Waals surface area (Å²) in [5.41, 5.74) is 1.30. The van der Waals surface area contributed by atoms with Crippen molar-refractivity contribution in [3.63, 3.8) is 0 Å². The Labute approximate surface area is 171 Å². The van der Waals surface area contributed by atoms with E-state index in [2.05, 4.69) is 0 Å². The standard InChI is InChI=1S/C23H28O5S/c1-15-17(13-18(23(2,3)4)21(24)20(15)22(25)26)19-11-8-12-29(19,27,28)14-16-9-6-5-7-10-16/h5-7,9-13,24,27-28H,8,14H2,1-4H3,(H,25,26). The molecule has 0 saturated heterocycles. The van der Waals surface area contributed by atoms with Crippen molar-refractivity contribution >= 4 is 25.6 Å². The number of aromatic hydroxyl groups is 1. The first-order valence-electron chi connectivity index (χ1n) is 9.44. The van der Waals surface area contributed by atoms with Crippen molar-refractivity contribution in [3.05, 3.63) is 70.3 Å². The van der Waals surface area contributed by atoms with E-state index in [4.69, 9.17) is 0 Å². The highest BCUT2D eigenvalue weighted by atomic mass is 32.3. The van der Waals surface area contributed by atoms with Crippen molar-refractivity contribution in [2.75, 3.05) is 0 Å². The van der Waals surface area contributed by atoms with E-state index >= 15 is 0 Å². The van der Waals surface area contributed by atoms with Gasteiger partial charge in [-0.2, -0.15) is 0 Å². The molecule has 3 rings (SSSR count). The van der Waals surface area contributed by atoms with Crippen LogP contribution in [0.25, 0.3) is 4.91 Å². The van der Waals surface area contributed by atoms with Gasteiger partial charge in [-0.3, -0.25) is 0 Å². The number of aromatic carboxylic acids is 1. The first-order valence-corrected chi connectivity index (χ1v) is 11.6. The Bertz CT molecular complexity index is 1080. The monoisotopic (exact) mass is 416 g/mol. The van der Waals surface area contributed by atoms with Crippen LogP contribution < -0.4 is 0 Å². The molecule has 0 aromatic heterocycles. The molecule has 0 bridgehead atoms. The van der Waals surface area contributed by atoms with Gasteiger partial charge in [-0.05, 0) is 41.3 Å². The number of carboxylic acid groups (broad SMARTS) is 1. The van der Waals surface area contributed by atoms with Gasteiger partial charge < -0.3 is 19.3 Å². The van der Waals surface area contributed by atoms with E-state index in [0.29, 0.717) is 28.0 Å². The topological polar surface area (TPSA) is 98.0 Å². The normalized spacial score (nSPS) is 19.0. The highest BCUT2D eigenvalue weighted by Gasteiger charge is 2.35. The Morgan fingerprint density at radius 2 is 1.76 bits per heavy atom. The lowest BCUT2D eigenvalue weighted by atomic mass is 9.82. The summed E-state index contributed by atoms with van der Waals surface area (Å²) in [5.74, 6) is -1.48. The molecule has 1 aliphatic rings. The van der Waals surface area contributed by atoms with Crippen molar-refractivity contribution in [2.45, 2.75) is 45.3 Å². The molecule has 4 N–H and O–H groups in total. The minimum absolute atomic E-state index is 0.0391. The molecule has 1 aliphatic heterocycles. The first-order chi connectivity index (χ1) is 13.3. The van der Waals surface area contributed by atoms with Crippen LogP contribution in [0.4, 0.5) is 0 Å². The molecular formula is C23H28O5S. The highest BCUT2D eigenvalue weighted by molar-refractivity contribution is 8.45. The zero-order chi connectivity index (χ0) is 21.6. The molecule has 0 atom stereocenters. The molecule has 2 aromatic carbocycles. The molecule has 0 saturated carbocycles. The van der Waals surface area contributed by atoms with E-state index in [1.54, 1.807) is 24.4 Å². The molecule has 0 unspecified atom stereocenters. The van der Waals surface area contributed by atoms with Crippen molar-refractivity contribution < 1.29 is 24.1 Å². The van der Waals surface area contributed by atoms with Crippen LogP contribution in [0.1, 0.15) is 59.8 Å². The predicted molar refractivity (Wildman–Crippen MR) is 120 cm³/mol. The van der Waals surface area contributed by atoms with Crippen LogP contribution in [0, 0.1) is 6.92 Å². The minimum atomic E-state index is -4.12. The molecule has 29 heavy (non-hydrogen) atoms. The van der Waals surface area contributed by atoms with Gasteiger partial charge in [0.25, 0.3) is 0 Å². The molecule has 0 spiro atoms. The third-order valence-corrected chi connectivity index (χ3v) is 8.51. The summed E-state index contributed by atoms with van der Waals surface area (Å²) in [7, 11) is -4.12. The number of carboxylic acids is 1. The van der Waals surface area contributed by atoms with Crippen LogP contribution in [-0.2, 0) is 11.2 Å². The van der Waals surface area contributed by atoms with Crippen LogP contribution >= 0.6 is 9.31 Å². The van der Waals surface area contributed by atoms with Crippen molar-refractivity contribution in [1.82, 2.24) is 0 Å². The second-order valence-electron chi connectivity index (χ2n) is 8.64. The number of benzene rings is 2. The molecule has 0 amide bonds. The summed E-state index contributed by atoms with van der Waals surface area (Å²) < 4.78 is 23.1. The molecule has 156 valence electrons. The van der Waals surface area contributed by atoms with E-state index < -0.39 is 20.7 Å². The van der Waals surface area contributed by atoms with Gasteiger partial charge in [-0.15, -0.1) is 0 Å². The Morgan fingerprint density at radius 1 is 1.14 bits per heavy atom. The molecule has 0 aliphatic carbocycles. The van der Waals surface area contributed by atoms with E-state index in [-0.39, 0.29) is 17.1 Å². The van der Waals surface area contributed by atoms with Crippen LogP contribution in [0.15, 0.2) is 42.5 Å². The molecule has 0 fully saturated rings. The number of phenols is 1. The number of allylic oxidation sites excluding steroid dienone is 1. The minimum Gasteiger partial charge on any atom is -0.507 e. The molecular weight excluding hydrogens is 388 g/mol. The SMILES string of the molecule is Cc1c(C2=CCC=S2(O)(O)Cc2ccccc2)cc(C(C)(C)C)c(O)c1C(=O)O. The lowest BCUT2D eigenvalue weighted by Crippen LogP contribution is -2.18. The first kappa shape index (κ1) is 21.3. The van der Waals surface area contributed by atoms with Gasteiger partial charge >= 0.3 is 5.97 Å². The average Bonchev–Trinajstić information content (AvgIpc) is 2.90. The lowest BCUT2D eigenvalue weighted by Gasteiger charge is -2.46. The summed E-state index contributed by atoms with van der Waals surface area (Å²) in [6, 6.07) is 10.9. The maximum absolute atomic E-state index is 11.9. The van der Waals surface area contributed by atoms with Crippen LogP contribution in [0.2, 0.25) is 0 Å². The number of carbonyl (C=O) groups is 1. The van der Waals surface area contributed by atoms with E-state index in [9.17, 15) is 24.1 Å². The summed E-state index contributed by atoms with van der Waals surface area (Å²) in [4.78, 5) is 12.3. The predicted octanol–water partition coefficient (Wildman–Crippen LogP) is 5.73. The van der Waals surface area contributed by atoms with E-state index in [1.807, 2.05) is 51.1 Å². The summed E-state index contributed by atoms with van der Waals surface area (Å²) in [6.45, 7) is 7.23. The van der Waals surface area contributed by atoms with Gasteiger partial charge in [0, 0.05) is 16.0 Å². The fraction of sp³-hybridized carbons (Fsp3) is 0.304. The van der Waals surface area contributed by atoms with Gasteiger partial charge in [-0.1, -0.05) is 57.2 Å². The number of hydrogen-bond donors (Lipinski definition) is 4. The summed E-state index contributed by atoms with van der Waals surface area (Å²) >= 11 is 0. The van der Waals surface area contributed by atoms with Crippen molar-refractivity contribution in [1.29, 1.82) is 0 Å². The maximum atomic E-state index is 11.9. The summed E-state index contributed by atoms with van der Waals surface area (Å²) in [6.07, 6.45) is 2.13. The Hall–Kier alpha value is -2.41. The van der Waals surface area contributed by atoms with Crippen molar-refractivity contribution in [3.8, 4) is 5.75 Å². The lowest BCUT2D eigenvalue weighted by molar-refractivity contribution is 0.0692. The Kier molecular flexibility index (Phi) is 5.02. The molecule has 6 heteroatoms. The fourth-order valence-corrected chi connectivity index (χ4v) is 6.83. The van der Waals surface area contributed by atoms with Crippen molar-refractivity contribution in [2.24, 2.45) is 0 Å². The van der Waals surface area contributed by atoms with Crippen LogP contribution in [0.3, 0.4) is 0 Å². The van der Waals surface area contributed by atoms with Gasteiger partial charge in [0.05, 0.1) is 5.75 Å². The quantitative estimate of drug-likeness (QED) is 0.477. The zero-order valence-corrected chi connectivity index (χ0v) is 18.0. The maximum Gasteiger partial charge on any atom is 0.339 e. The third-order valence-electron chi connectivity index (χ3n) is 5.37. The average molecular weight is 417 g/mol. The highest BCUT2D eigenvalue weighted by Crippen LogP contribution is 2.67. The number of rotatable bonds is 4. The van der Waals surface area contributed by atoms with Gasteiger partial charge in [0.2, 0.25) is 0 Å². The second kappa shape index (κ2) is 6.83. The van der Waals surface area contributed by atoms with Gasteiger partial charge in [0.15, 0.2) is 0 Å². The molecule has 5 nitrogen and oxygen atoms in total. The summed E-state index contributed by atoms with van der Waals surface area (Å²) in [5, 5.41) is 21.9. The molecule has 0 radical (unpaired) electrons. The third kappa shape index (κ3) is 3.75. The van der Waals surface area contributed by atoms with Crippen LogP contribution in [-0.4, -0.2) is 30.7 Å². The Morgan fingerprint density at radius 3 is 2.31 bits per heavy atom. The largest absolute Gasteiger partial charge is 0.507 e. The molecule has 2 aromatic rings. The number of hydrogen-bond acceptors (Lipinski definition) is 4. The van der Waals surface area contributed by atoms with E-state index in [1.165, 1.54) is 0 Å². The van der Waals surface area contributed by atoms with Gasteiger partial charge in [-0.25, -0.2) is 14.1 Å². The fourth-order valence-electron chi connectivity index (χ4n) is 3.88. The zero-order valence-electron chi connectivity index (χ0n) is 17.1. The Balaban J connectivity index is 2.26. The van der Waals surface area contributed by atoms with Crippen LogP contribution in [0.5, 0.6) is 5.75 Å². The molecule has 1 heterocycles. The van der Waals surface area contributed by atoms with E-state index in [0.717, 1.165) is 5.56 Å².